The summed E-state index contributed by atoms with van der Waals surface area (Å²) in [4.78, 5) is 37.9. The van der Waals surface area contributed by atoms with Crippen LogP contribution in [-0.4, -0.2) is 46.4 Å². The highest BCUT2D eigenvalue weighted by Gasteiger charge is 2.15. The fourth-order valence-electron chi connectivity index (χ4n) is 2.65. The number of aromatic amines is 1. The molecule has 0 fully saturated rings. The van der Waals surface area contributed by atoms with E-state index in [2.05, 4.69) is 20.3 Å². The first-order valence-electron chi connectivity index (χ1n) is 8.55. The first kappa shape index (κ1) is 18.9. The van der Waals surface area contributed by atoms with Gasteiger partial charge in [-0.1, -0.05) is 6.92 Å². The van der Waals surface area contributed by atoms with Crippen molar-refractivity contribution in [3.05, 3.63) is 52.0 Å². The van der Waals surface area contributed by atoms with Crippen molar-refractivity contribution in [1.82, 2.24) is 19.9 Å². The van der Waals surface area contributed by atoms with E-state index in [0.29, 0.717) is 29.1 Å². The van der Waals surface area contributed by atoms with Crippen molar-refractivity contribution in [3.63, 3.8) is 0 Å². The molecule has 3 aromatic heterocycles. The minimum absolute atomic E-state index is 0.136. The number of thiazole rings is 1. The maximum Gasteiger partial charge on any atom is 0.257 e. The predicted octanol–water partition coefficient (Wildman–Crippen LogP) is 2.62. The second kappa shape index (κ2) is 8.24. The summed E-state index contributed by atoms with van der Waals surface area (Å²) in [7, 11) is 3.66. The highest BCUT2D eigenvalue weighted by Crippen LogP contribution is 2.28. The first-order chi connectivity index (χ1) is 13.0. The Kier molecular flexibility index (Phi) is 5.78. The topological polar surface area (TPSA) is 91.0 Å². The number of nitrogens with one attached hydrogen (secondary N) is 2. The second-order valence-corrected chi connectivity index (χ2v) is 7.18. The Morgan fingerprint density at radius 1 is 1.30 bits per heavy atom. The van der Waals surface area contributed by atoms with Crippen LogP contribution in [0.2, 0.25) is 0 Å². The zero-order chi connectivity index (χ0) is 19.4. The highest BCUT2D eigenvalue weighted by molar-refractivity contribution is 7.13. The molecule has 0 aliphatic rings. The molecule has 0 bridgehead atoms. The molecule has 140 valence electrons. The average Bonchev–Trinajstić information content (AvgIpc) is 3.12. The minimum Gasteiger partial charge on any atom is -0.324 e. The number of nitrogens with zero attached hydrogens (tertiary/aromatic N) is 3. The molecule has 3 heterocycles. The van der Waals surface area contributed by atoms with Gasteiger partial charge in [-0.25, -0.2) is 4.98 Å². The van der Waals surface area contributed by atoms with E-state index in [-0.39, 0.29) is 18.0 Å². The average molecular weight is 383 g/mol. The number of amides is 1. The van der Waals surface area contributed by atoms with Crippen molar-refractivity contribution in [2.24, 2.45) is 0 Å². The molecule has 0 aliphatic carbocycles. The predicted molar refractivity (Wildman–Crippen MR) is 108 cm³/mol. The molecule has 0 radical (unpaired) electrons. The van der Waals surface area contributed by atoms with E-state index in [1.54, 1.807) is 23.4 Å². The Bertz CT molecular complexity index is 995. The van der Waals surface area contributed by atoms with Crippen LogP contribution in [0.3, 0.4) is 0 Å². The first-order valence-corrected chi connectivity index (χ1v) is 9.43. The second-order valence-electron chi connectivity index (χ2n) is 6.32. The standard InChI is InChI=1S/C19H21N5O2S/c1-4-14-15(21-17(25)10-24(2)3)9-13(18(26)22-14)16-11-27-19(23-16)12-5-7-20-8-6-12/h5-9,11H,4,10H2,1-3H3,(H,21,25)(H,22,26). The fraction of sp³-hybridized carbons (Fsp3) is 0.263. The van der Waals surface area contributed by atoms with Crippen molar-refractivity contribution >= 4 is 22.9 Å². The Hall–Kier alpha value is -2.84. The van der Waals surface area contributed by atoms with Gasteiger partial charge in [-0.05, 0) is 38.7 Å². The quantitative estimate of drug-likeness (QED) is 0.683. The number of aryl methyl sites for hydroxylation is 1. The number of anilines is 1. The number of carbonyl (C=O) groups excluding carboxylic acids is 1. The van der Waals surface area contributed by atoms with E-state index >= 15 is 0 Å². The van der Waals surface area contributed by atoms with Crippen molar-refractivity contribution in [2.75, 3.05) is 26.0 Å². The molecule has 0 aliphatic heterocycles. The lowest BCUT2D eigenvalue weighted by Gasteiger charge is -2.13. The third kappa shape index (κ3) is 4.47. The maximum atomic E-state index is 12.5. The van der Waals surface area contributed by atoms with Gasteiger partial charge in [0.25, 0.3) is 5.56 Å². The third-order valence-electron chi connectivity index (χ3n) is 3.92. The maximum absolute atomic E-state index is 12.5. The molecule has 2 N–H and O–H groups in total. The van der Waals surface area contributed by atoms with Crippen molar-refractivity contribution in [3.8, 4) is 21.8 Å². The van der Waals surface area contributed by atoms with E-state index in [9.17, 15) is 9.59 Å². The molecule has 7 nitrogen and oxygen atoms in total. The van der Waals surface area contributed by atoms with Gasteiger partial charge in [0.15, 0.2) is 0 Å². The van der Waals surface area contributed by atoms with E-state index in [4.69, 9.17) is 0 Å². The monoisotopic (exact) mass is 383 g/mol. The van der Waals surface area contributed by atoms with Crippen LogP contribution in [0, 0.1) is 0 Å². The SMILES string of the molecule is CCc1[nH]c(=O)c(-c2csc(-c3ccncc3)n2)cc1NC(=O)CN(C)C. The molecule has 8 heteroatoms. The Morgan fingerprint density at radius 2 is 2.04 bits per heavy atom. The molecule has 0 unspecified atom stereocenters. The van der Waals surface area contributed by atoms with E-state index < -0.39 is 0 Å². The van der Waals surface area contributed by atoms with Crippen LogP contribution >= 0.6 is 11.3 Å². The number of rotatable bonds is 6. The number of carbonyl (C=O) groups is 1. The van der Waals surface area contributed by atoms with Gasteiger partial charge in [-0.3, -0.25) is 14.6 Å². The number of pyridine rings is 2. The zero-order valence-electron chi connectivity index (χ0n) is 15.4. The number of aromatic nitrogens is 3. The molecule has 0 spiro atoms. The molecular weight excluding hydrogens is 362 g/mol. The number of hydrogen-bond acceptors (Lipinski definition) is 6. The normalized spacial score (nSPS) is 11.0. The van der Waals surface area contributed by atoms with Crippen molar-refractivity contribution < 1.29 is 4.79 Å². The van der Waals surface area contributed by atoms with E-state index in [1.807, 2.05) is 38.5 Å². The van der Waals surface area contributed by atoms with Gasteiger partial charge < -0.3 is 15.2 Å². The molecule has 3 aromatic rings. The largest absolute Gasteiger partial charge is 0.324 e. The summed E-state index contributed by atoms with van der Waals surface area (Å²) in [6.07, 6.45) is 4.02. The van der Waals surface area contributed by atoms with Gasteiger partial charge in [0, 0.05) is 29.0 Å². The highest BCUT2D eigenvalue weighted by atomic mass is 32.1. The molecular formula is C19H21N5O2S. The smallest absolute Gasteiger partial charge is 0.257 e. The lowest BCUT2D eigenvalue weighted by molar-refractivity contribution is -0.116. The molecule has 3 rings (SSSR count). The molecule has 27 heavy (non-hydrogen) atoms. The summed E-state index contributed by atoms with van der Waals surface area (Å²) < 4.78 is 0. The number of H-pyrrole nitrogens is 1. The van der Waals surface area contributed by atoms with Crippen LogP contribution < -0.4 is 10.9 Å². The summed E-state index contributed by atoms with van der Waals surface area (Å²) >= 11 is 1.46. The van der Waals surface area contributed by atoms with Gasteiger partial charge >= 0.3 is 0 Å². The Balaban J connectivity index is 1.96. The fourth-order valence-corrected chi connectivity index (χ4v) is 3.48. The van der Waals surface area contributed by atoms with Crippen LogP contribution in [0.5, 0.6) is 0 Å². The van der Waals surface area contributed by atoms with Crippen molar-refractivity contribution in [1.29, 1.82) is 0 Å². The number of hydrogen-bond donors (Lipinski definition) is 2. The van der Waals surface area contributed by atoms with E-state index in [1.165, 1.54) is 11.3 Å². The van der Waals surface area contributed by atoms with Crippen LogP contribution in [0.15, 0.2) is 40.8 Å². The lowest BCUT2D eigenvalue weighted by Crippen LogP contribution is -2.28. The Labute approximate surface area is 161 Å². The number of likely N-dealkylation sites (N-methyl/N-ethyl adjacent to an activating group) is 1. The van der Waals surface area contributed by atoms with Gasteiger partial charge in [-0.2, -0.15) is 0 Å². The zero-order valence-corrected chi connectivity index (χ0v) is 16.3. The van der Waals surface area contributed by atoms with Crippen LogP contribution in [-0.2, 0) is 11.2 Å². The minimum atomic E-state index is -0.218. The van der Waals surface area contributed by atoms with E-state index in [0.717, 1.165) is 10.6 Å². The van der Waals surface area contributed by atoms with Gasteiger partial charge in [0.1, 0.15) is 5.01 Å². The van der Waals surface area contributed by atoms with Crippen molar-refractivity contribution in [2.45, 2.75) is 13.3 Å². The Morgan fingerprint density at radius 3 is 2.70 bits per heavy atom. The molecule has 0 atom stereocenters. The summed E-state index contributed by atoms with van der Waals surface area (Å²) in [5, 5.41) is 5.54. The summed E-state index contributed by atoms with van der Waals surface area (Å²) in [6.45, 7) is 2.19. The van der Waals surface area contributed by atoms with Crippen LogP contribution in [0.25, 0.3) is 21.8 Å². The molecule has 0 saturated heterocycles. The third-order valence-corrected chi connectivity index (χ3v) is 4.81. The van der Waals surface area contributed by atoms with Crippen LogP contribution in [0.4, 0.5) is 5.69 Å². The summed E-state index contributed by atoms with van der Waals surface area (Å²) in [6, 6.07) is 5.45. The summed E-state index contributed by atoms with van der Waals surface area (Å²) in [5.41, 5.74) is 3.05. The molecule has 1 amide bonds. The lowest BCUT2D eigenvalue weighted by atomic mass is 10.1. The van der Waals surface area contributed by atoms with Gasteiger partial charge in [0.05, 0.1) is 23.5 Å². The van der Waals surface area contributed by atoms with Gasteiger partial charge in [-0.15, -0.1) is 11.3 Å². The molecule has 0 saturated carbocycles. The summed E-state index contributed by atoms with van der Waals surface area (Å²) in [5.74, 6) is -0.136. The molecule has 0 aromatic carbocycles. The van der Waals surface area contributed by atoms with Gasteiger partial charge in [0.2, 0.25) is 5.91 Å². The van der Waals surface area contributed by atoms with Crippen LogP contribution in [0.1, 0.15) is 12.6 Å².